The molecule has 3 heteroatoms. The van der Waals surface area contributed by atoms with Crippen molar-refractivity contribution < 1.29 is 9.18 Å². The number of amides is 1. The third-order valence-corrected chi connectivity index (χ3v) is 1.63. The van der Waals surface area contributed by atoms with Gasteiger partial charge in [0.15, 0.2) is 0 Å². The number of carbonyl (C=O) groups is 1. The fraction of sp³-hybridized carbons (Fsp3) is 0.100. The van der Waals surface area contributed by atoms with E-state index < -0.39 is 0 Å². The number of rotatable bonds is 2. The van der Waals surface area contributed by atoms with Gasteiger partial charge in [-0.05, 0) is 36.8 Å². The lowest BCUT2D eigenvalue weighted by molar-refractivity contribution is -0.111. The van der Waals surface area contributed by atoms with Crippen molar-refractivity contribution in [1.29, 1.82) is 0 Å². The number of halogens is 1. The fourth-order valence-corrected chi connectivity index (χ4v) is 0.951. The summed E-state index contributed by atoms with van der Waals surface area (Å²) < 4.78 is 12.6. The first-order valence-corrected chi connectivity index (χ1v) is 3.83. The maximum atomic E-state index is 12.6. The first-order chi connectivity index (χ1) is 6.13. The first-order valence-electron chi connectivity index (χ1n) is 3.83. The third-order valence-electron chi connectivity index (χ3n) is 1.63. The van der Waals surface area contributed by atoms with Gasteiger partial charge in [0, 0.05) is 5.69 Å². The molecule has 68 valence electrons. The summed E-state index contributed by atoms with van der Waals surface area (Å²) in [4.78, 5) is 10.9. The molecule has 0 aliphatic rings. The van der Waals surface area contributed by atoms with Crippen LogP contribution in [0.25, 0.3) is 0 Å². The van der Waals surface area contributed by atoms with Crippen molar-refractivity contribution in [2.24, 2.45) is 0 Å². The lowest BCUT2D eigenvalue weighted by atomic mass is 10.2. The summed E-state index contributed by atoms with van der Waals surface area (Å²) in [6.07, 6.45) is 1.17. The van der Waals surface area contributed by atoms with Crippen molar-refractivity contribution >= 4 is 11.6 Å². The summed E-state index contributed by atoms with van der Waals surface area (Å²) in [5, 5.41) is 2.56. The quantitative estimate of drug-likeness (QED) is 0.693. The van der Waals surface area contributed by atoms with Gasteiger partial charge in [-0.15, -0.1) is 0 Å². The molecule has 0 saturated heterocycles. The lowest BCUT2D eigenvalue weighted by Crippen LogP contribution is -2.08. The van der Waals surface area contributed by atoms with E-state index in [1.807, 2.05) is 0 Å². The highest BCUT2D eigenvalue weighted by atomic mass is 19.1. The van der Waals surface area contributed by atoms with Gasteiger partial charge in [-0.1, -0.05) is 6.58 Å². The Morgan fingerprint density at radius 1 is 1.62 bits per heavy atom. The van der Waals surface area contributed by atoms with Gasteiger partial charge in [-0.2, -0.15) is 0 Å². The highest BCUT2D eigenvalue weighted by molar-refractivity contribution is 5.99. The Bertz CT molecular complexity index is 347. The number of hydrogen-bond acceptors (Lipinski definition) is 1. The van der Waals surface area contributed by atoms with Crippen LogP contribution < -0.4 is 5.32 Å². The van der Waals surface area contributed by atoms with Gasteiger partial charge in [-0.3, -0.25) is 4.79 Å². The van der Waals surface area contributed by atoms with Crippen molar-refractivity contribution in [3.05, 3.63) is 42.2 Å². The zero-order valence-corrected chi connectivity index (χ0v) is 7.30. The normalized spacial score (nSPS) is 9.38. The van der Waals surface area contributed by atoms with E-state index in [2.05, 4.69) is 11.9 Å². The summed E-state index contributed by atoms with van der Waals surface area (Å²) in [6.45, 7) is 5.04. The summed E-state index contributed by atoms with van der Waals surface area (Å²) in [5.41, 5.74) is 1.29. The van der Waals surface area contributed by atoms with E-state index in [1.165, 1.54) is 24.3 Å². The Morgan fingerprint density at radius 3 is 2.85 bits per heavy atom. The molecule has 2 nitrogen and oxygen atoms in total. The van der Waals surface area contributed by atoms with Gasteiger partial charge in [0.25, 0.3) is 0 Å². The molecule has 0 aliphatic carbocycles. The second-order valence-electron chi connectivity index (χ2n) is 2.65. The van der Waals surface area contributed by atoms with Crippen molar-refractivity contribution in [3.63, 3.8) is 0 Å². The molecule has 1 N–H and O–H groups in total. The molecule has 0 atom stereocenters. The van der Waals surface area contributed by atoms with Crippen LogP contribution >= 0.6 is 0 Å². The van der Waals surface area contributed by atoms with Gasteiger partial charge >= 0.3 is 0 Å². The van der Waals surface area contributed by atoms with E-state index in [9.17, 15) is 9.18 Å². The highest BCUT2D eigenvalue weighted by Crippen LogP contribution is 2.15. The summed E-state index contributed by atoms with van der Waals surface area (Å²) >= 11 is 0. The largest absolute Gasteiger partial charge is 0.322 e. The minimum atomic E-state index is -0.311. The van der Waals surface area contributed by atoms with Crippen molar-refractivity contribution in [3.8, 4) is 0 Å². The van der Waals surface area contributed by atoms with Crippen LogP contribution in [0.1, 0.15) is 5.56 Å². The highest BCUT2D eigenvalue weighted by Gasteiger charge is 2.01. The molecule has 1 amide bonds. The van der Waals surface area contributed by atoms with Gasteiger partial charge in [0.2, 0.25) is 5.91 Å². The summed E-state index contributed by atoms with van der Waals surface area (Å²) in [6, 6.07) is 4.18. The molecule has 0 saturated carbocycles. The molecule has 0 unspecified atom stereocenters. The van der Waals surface area contributed by atoms with Crippen LogP contribution in [0.5, 0.6) is 0 Å². The molecule has 0 spiro atoms. The lowest BCUT2D eigenvalue weighted by Gasteiger charge is -2.05. The van der Waals surface area contributed by atoms with E-state index >= 15 is 0 Å². The molecule has 0 aliphatic heterocycles. The van der Waals surface area contributed by atoms with Gasteiger partial charge in [-0.25, -0.2) is 4.39 Å². The Labute approximate surface area is 76.1 Å². The Balaban J connectivity index is 2.89. The van der Waals surface area contributed by atoms with Crippen molar-refractivity contribution in [2.45, 2.75) is 6.92 Å². The van der Waals surface area contributed by atoms with Crippen LogP contribution in [0.4, 0.5) is 10.1 Å². The molecule has 1 rings (SSSR count). The van der Waals surface area contributed by atoms with Gasteiger partial charge in [0.1, 0.15) is 5.82 Å². The molecule has 1 aromatic rings. The van der Waals surface area contributed by atoms with Crippen LogP contribution in [0, 0.1) is 12.7 Å². The van der Waals surface area contributed by atoms with E-state index in [4.69, 9.17) is 0 Å². The monoisotopic (exact) mass is 179 g/mol. The van der Waals surface area contributed by atoms with Gasteiger partial charge < -0.3 is 5.32 Å². The maximum Gasteiger partial charge on any atom is 0.247 e. The zero-order chi connectivity index (χ0) is 9.84. The molecule has 0 aromatic heterocycles. The Hall–Kier alpha value is -1.64. The molecule has 1 aromatic carbocycles. The molecule has 0 radical (unpaired) electrons. The molecule has 0 fully saturated rings. The SMILES string of the molecule is C=CC(=O)Nc1ccc(F)cc1C. The number of benzene rings is 1. The molecule has 0 bridgehead atoms. The van der Waals surface area contributed by atoms with Gasteiger partial charge in [0.05, 0.1) is 0 Å². The summed E-state index contributed by atoms with van der Waals surface area (Å²) in [5.74, 6) is -0.608. The third kappa shape index (κ3) is 2.40. The molecular formula is C10H10FNO. The topological polar surface area (TPSA) is 29.1 Å². The number of nitrogens with one attached hydrogen (secondary N) is 1. The minimum absolute atomic E-state index is 0.297. The van der Waals surface area contributed by atoms with E-state index in [1.54, 1.807) is 6.92 Å². The smallest absolute Gasteiger partial charge is 0.247 e. The predicted octanol–water partition coefficient (Wildman–Crippen LogP) is 2.26. The van der Waals surface area contributed by atoms with E-state index in [0.29, 0.717) is 11.3 Å². The maximum absolute atomic E-state index is 12.6. The minimum Gasteiger partial charge on any atom is -0.322 e. The predicted molar refractivity (Wildman–Crippen MR) is 50.0 cm³/mol. The van der Waals surface area contributed by atoms with E-state index in [-0.39, 0.29) is 11.7 Å². The Kier molecular flexibility index (Phi) is 2.80. The average molecular weight is 179 g/mol. The van der Waals surface area contributed by atoms with E-state index in [0.717, 1.165) is 0 Å². The average Bonchev–Trinajstić information content (AvgIpc) is 2.09. The number of carbonyl (C=O) groups excluding carboxylic acids is 1. The van der Waals surface area contributed by atoms with Crippen LogP contribution in [0.15, 0.2) is 30.9 Å². The van der Waals surface area contributed by atoms with Crippen LogP contribution in [0.2, 0.25) is 0 Å². The fourth-order valence-electron chi connectivity index (χ4n) is 0.951. The van der Waals surface area contributed by atoms with Crippen LogP contribution in [0.3, 0.4) is 0 Å². The second kappa shape index (κ2) is 3.85. The number of hydrogen-bond donors (Lipinski definition) is 1. The Morgan fingerprint density at radius 2 is 2.31 bits per heavy atom. The van der Waals surface area contributed by atoms with Crippen LogP contribution in [-0.4, -0.2) is 5.91 Å². The first kappa shape index (κ1) is 9.45. The number of anilines is 1. The number of aryl methyl sites for hydroxylation is 1. The zero-order valence-electron chi connectivity index (χ0n) is 7.30. The molecular weight excluding hydrogens is 169 g/mol. The second-order valence-corrected chi connectivity index (χ2v) is 2.65. The van der Waals surface area contributed by atoms with Crippen molar-refractivity contribution in [1.82, 2.24) is 0 Å². The van der Waals surface area contributed by atoms with Crippen molar-refractivity contribution in [2.75, 3.05) is 5.32 Å². The van der Waals surface area contributed by atoms with Crippen LogP contribution in [-0.2, 0) is 4.79 Å². The molecule has 0 heterocycles. The summed E-state index contributed by atoms with van der Waals surface area (Å²) in [7, 11) is 0. The molecule has 13 heavy (non-hydrogen) atoms. The standard InChI is InChI=1S/C10H10FNO/c1-3-10(13)12-9-5-4-8(11)6-7(9)2/h3-6H,1H2,2H3,(H,12,13).